The number of carbonyl (C=O) groups excluding carboxylic acids is 2. The second-order valence-electron chi connectivity index (χ2n) is 6.89. The van der Waals surface area contributed by atoms with E-state index in [-0.39, 0.29) is 24.3 Å². The van der Waals surface area contributed by atoms with Gasteiger partial charge < -0.3 is 9.73 Å². The molecule has 0 aliphatic rings. The SMILES string of the molecule is Cc1occc1C(=O)Nc1nc(CC(=O)NC(C)c2ccc(-n3cncn3)cc2)cs1. The zero-order chi connectivity index (χ0) is 21.8. The van der Waals surface area contributed by atoms with Crippen molar-refractivity contribution in [3.05, 3.63) is 77.2 Å². The molecule has 1 atom stereocenters. The minimum absolute atomic E-state index is 0.124. The van der Waals surface area contributed by atoms with Gasteiger partial charge in [-0.1, -0.05) is 12.1 Å². The number of furan rings is 1. The molecule has 0 spiro atoms. The van der Waals surface area contributed by atoms with Gasteiger partial charge in [0.15, 0.2) is 5.13 Å². The zero-order valence-corrected chi connectivity index (χ0v) is 17.7. The van der Waals surface area contributed by atoms with Crippen LogP contribution in [0, 0.1) is 6.92 Å². The van der Waals surface area contributed by atoms with E-state index >= 15 is 0 Å². The highest BCUT2D eigenvalue weighted by molar-refractivity contribution is 7.14. The van der Waals surface area contributed by atoms with E-state index in [1.807, 2.05) is 31.2 Å². The quantitative estimate of drug-likeness (QED) is 0.459. The van der Waals surface area contributed by atoms with E-state index in [0.29, 0.717) is 22.1 Å². The Bertz CT molecular complexity index is 1180. The molecule has 0 bridgehead atoms. The third-order valence-corrected chi connectivity index (χ3v) is 5.48. The van der Waals surface area contributed by atoms with Crippen molar-refractivity contribution in [3.63, 3.8) is 0 Å². The summed E-state index contributed by atoms with van der Waals surface area (Å²) in [4.78, 5) is 32.9. The molecule has 2 amide bonds. The number of nitrogens with one attached hydrogen (secondary N) is 2. The van der Waals surface area contributed by atoms with E-state index in [1.54, 1.807) is 29.4 Å². The Morgan fingerprint density at radius 2 is 2.03 bits per heavy atom. The molecule has 0 saturated carbocycles. The van der Waals surface area contributed by atoms with E-state index in [2.05, 4.69) is 25.7 Å². The lowest BCUT2D eigenvalue weighted by molar-refractivity contribution is -0.121. The van der Waals surface area contributed by atoms with Crippen molar-refractivity contribution in [1.29, 1.82) is 0 Å². The zero-order valence-electron chi connectivity index (χ0n) is 16.9. The summed E-state index contributed by atoms with van der Waals surface area (Å²) in [5, 5.41) is 12.0. The Morgan fingerprint density at radius 1 is 1.23 bits per heavy atom. The number of amides is 2. The summed E-state index contributed by atoms with van der Waals surface area (Å²) in [7, 11) is 0. The molecule has 0 aliphatic carbocycles. The normalized spacial score (nSPS) is 11.8. The maximum absolute atomic E-state index is 12.4. The first-order valence-electron chi connectivity index (χ1n) is 9.54. The highest BCUT2D eigenvalue weighted by Crippen LogP contribution is 2.19. The van der Waals surface area contributed by atoms with Crippen LogP contribution in [0.4, 0.5) is 5.13 Å². The molecule has 4 rings (SSSR count). The van der Waals surface area contributed by atoms with Gasteiger partial charge in [0, 0.05) is 5.38 Å². The maximum atomic E-state index is 12.4. The summed E-state index contributed by atoms with van der Waals surface area (Å²) in [6.07, 6.45) is 4.69. The van der Waals surface area contributed by atoms with E-state index in [9.17, 15) is 9.59 Å². The summed E-state index contributed by atoms with van der Waals surface area (Å²) in [6, 6.07) is 9.16. The summed E-state index contributed by atoms with van der Waals surface area (Å²) in [6.45, 7) is 3.64. The number of thiazole rings is 1. The Balaban J connectivity index is 1.31. The van der Waals surface area contributed by atoms with E-state index in [4.69, 9.17) is 4.42 Å². The van der Waals surface area contributed by atoms with Crippen LogP contribution in [-0.4, -0.2) is 31.6 Å². The minimum Gasteiger partial charge on any atom is -0.469 e. The molecular formula is C21H20N6O3S. The van der Waals surface area contributed by atoms with Crippen LogP contribution in [-0.2, 0) is 11.2 Å². The van der Waals surface area contributed by atoms with Gasteiger partial charge in [-0.05, 0) is 37.6 Å². The number of aryl methyl sites for hydroxylation is 1. The summed E-state index contributed by atoms with van der Waals surface area (Å²) < 4.78 is 6.81. The lowest BCUT2D eigenvalue weighted by Crippen LogP contribution is -2.28. The molecule has 10 heteroatoms. The number of hydrogen-bond acceptors (Lipinski definition) is 7. The average Bonchev–Trinajstić information content (AvgIpc) is 3.50. The first-order valence-corrected chi connectivity index (χ1v) is 10.4. The molecule has 1 unspecified atom stereocenters. The standard InChI is InChI=1S/C21H20N6O3S/c1-13(15-3-5-17(6-4-15)27-12-22-11-23-27)24-19(28)9-16-10-31-21(25-16)26-20(29)18-7-8-30-14(18)2/h3-8,10-13H,9H2,1-2H3,(H,24,28)(H,25,26,29). The molecule has 0 aliphatic heterocycles. The van der Waals surface area contributed by atoms with Gasteiger partial charge in [-0.25, -0.2) is 14.6 Å². The van der Waals surface area contributed by atoms with Crippen LogP contribution in [0.3, 0.4) is 0 Å². The Hall–Kier alpha value is -3.79. The van der Waals surface area contributed by atoms with Gasteiger partial charge in [0.05, 0.1) is 35.7 Å². The van der Waals surface area contributed by atoms with Crippen molar-refractivity contribution in [2.45, 2.75) is 26.3 Å². The fraction of sp³-hybridized carbons (Fsp3) is 0.190. The van der Waals surface area contributed by atoms with Crippen LogP contribution in [0.1, 0.15) is 40.3 Å². The lowest BCUT2D eigenvalue weighted by atomic mass is 10.1. The van der Waals surface area contributed by atoms with Crippen molar-refractivity contribution in [1.82, 2.24) is 25.1 Å². The monoisotopic (exact) mass is 436 g/mol. The molecule has 158 valence electrons. The smallest absolute Gasteiger partial charge is 0.260 e. The highest BCUT2D eigenvalue weighted by atomic mass is 32.1. The summed E-state index contributed by atoms with van der Waals surface area (Å²) in [5.74, 6) is 0.0956. The predicted octanol–water partition coefficient (Wildman–Crippen LogP) is 3.30. The Morgan fingerprint density at radius 3 is 2.71 bits per heavy atom. The van der Waals surface area contributed by atoms with Crippen molar-refractivity contribution < 1.29 is 14.0 Å². The number of benzene rings is 1. The highest BCUT2D eigenvalue weighted by Gasteiger charge is 2.15. The minimum atomic E-state index is -0.292. The van der Waals surface area contributed by atoms with Crippen molar-refractivity contribution in [2.24, 2.45) is 0 Å². The first-order chi connectivity index (χ1) is 15.0. The fourth-order valence-electron chi connectivity index (χ4n) is 3.03. The summed E-state index contributed by atoms with van der Waals surface area (Å²) >= 11 is 1.27. The molecule has 9 nitrogen and oxygen atoms in total. The molecule has 0 radical (unpaired) electrons. The molecule has 0 saturated heterocycles. The van der Waals surface area contributed by atoms with Crippen LogP contribution < -0.4 is 10.6 Å². The molecule has 3 aromatic heterocycles. The molecule has 31 heavy (non-hydrogen) atoms. The van der Waals surface area contributed by atoms with Crippen molar-refractivity contribution in [3.8, 4) is 5.69 Å². The average molecular weight is 436 g/mol. The third kappa shape index (κ3) is 4.86. The maximum Gasteiger partial charge on any atom is 0.260 e. The number of carbonyl (C=O) groups is 2. The predicted molar refractivity (Wildman–Crippen MR) is 115 cm³/mol. The van der Waals surface area contributed by atoms with E-state index < -0.39 is 0 Å². The van der Waals surface area contributed by atoms with Gasteiger partial charge in [0.1, 0.15) is 18.4 Å². The third-order valence-electron chi connectivity index (χ3n) is 4.67. The summed E-state index contributed by atoms with van der Waals surface area (Å²) in [5.41, 5.74) is 2.91. The Labute approximate surface area is 182 Å². The topological polar surface area (TPSA) is 115 Å². The molecule has 1 aromatic carbocycles. The van der Waals surface area contributed by atoms with Crippen LogP contribution in [0.5, 0.6) is 0 Å². The van der Waals surface area contributed by atoms with Crippen LogP contribution in [0.25, 0.3) is 5.69 Å². The van der Waals surface area contributed by atoms with Crippen molar-refractivity contribution >= 4 is 28.3 Å². The van der Waals surface area contributed by atoms with Gasteiger partial charge in [-0.15, -0.1) is 11.3 Å². The van der Waals surface area contributed by atoms with Crippen LogP contribution >= 0.6 is 11.3 Å². The fourth-order valence-corrected chi connectivity index (χ4v) is 3.73. The van der Waals surface area contributed by atoms with Crippen LogP contribution in [0.15, 0.2) is 59.0 Å². The van der Waals surface area contributed by atoms with E-state index in [1.165, 1.54) is 23.9 Å². The van der Waals surface area contributed by atoms with Gasteiger partial charge in [-0.3, -0.25) is 14.9 Å². The van der Waals surface area contributed by atoms with Gasteiger partial charge in [0.2, 0.25) is 5.91 Å². The second kappa shape index (κ2) is 8.92. The van der Waals surface area contributed by atoms with E-state index in [0.717, 1.165) is 11.3 Å². The molecular weight excluding hydrogens is 416 g/mol. The van der Waals surface area contributed by atoms with Gasteiger partial charge in [-0.2, -0.15) is 5.10 Å². The largest absolute Gasteiger partial charge is 0.469 e. The number of rotatable bonds is 7. The molecule has 2 N–H and O–H groups in total. The number of anilines is 1. The Kier molecular flexibility index (Phi) is 5.89. The molecule has 0 fully saturated rings. The van der Waals surface area contributed by atoms with Gasteiger partial charge >= 0.3 is 0 Å². The lowest BCUT2D eigenvalue weighted by Gasteiger charge is -2.14. The second-order valence-corrected chi connectivity index (χ2v) is 7.74. The van der Waals surface area contributed by atoms with Gasteiger partial charge in [0.25, 0.3) is 5.91 Å². The number of hydrogen-bond donors (Lipinski definition) is 2. The molecule has 4 aromatic rings. The first kappa shape index (κ1) is 20.5. The number of nitrogens with zero attached hydrogens (tertiary/aromatic N) is 4. The molecule has 3 heterocycles. The number of aromatic nitrogens is 4. The van der Waals surface area contributed by atoms with Crippen molar-refractivity contribution in [2.75, 3.05) is 5.32 Å². The van der Waals surface area contributed by atoms with Crippen LogP contribution in [0.2, 0.25) is 0 Å².